The number of hydrogen-bond acceptors (Lipinski definition) is 6. The smallest absolute Gasteiger partial charge is 0.336 e. The van der Waals surface area contributed by atoms with Crippen LogP contribution in [0.15, 0.2) is 65.9 Å². The van der Waals surface area contributed by atoms with Crippen molar-refractivity contribution >= 4 is 17.6 Å². The first-order chi connectivity index (χ1) is 15.6. The van der Waals surface area contributed by atoms with Crippen molar-refractivity contribution < 1.29 is 19.1 Å². The van der Waals surface area contributed by atoms with E-state index in [-0.39, 0.29) is 24.0 Å². The molecule has 2 heterocycles. The van der Waals surface area contributed by atoms with Crippen molar-refractivity contribution in [3.05, 3.63) is 77.0 Å². The summed E-state index contributed by atoms with van der Waals surface area (Å²) < 4.78 is 10.6. The maximum absolute atomic E-state index is 13.0. The predicted octanol–water partition coefficient (Wildman–Crippen LogP) is 3.63. The van der Waals surface area contributed by atoms with Gasteiger partial charge in [0.25, 0.3) is 0 Å². The number of hydrogen-bond donors (Lipinski definition) is 1. The van der Waals surface area contributed by atoms with Gasteiger partial charge in [-0.15, -0.1) is 0 Å². The Balaban J connectivity index is 1.66. The Bertz CT molecular complexity index is 1080. The lowest BCUT2D eigenvalue weighted by Crippen LogP contribution is -2.50. The van der Waals surface area contributed by atoms with Gasteiger partial charge in [0.15, 0.2) is 0 Å². The molecular weight excluding hydrogens is 404 g/mol. The molecule has 1 fully saturated rings. The normalized spacial score (nSPS) is 26.1. The fourth-order valence-corrected chi connectivity index (χ4v) is 5.91. The zero-order chi connectivity index (χ0) is 22.3. The van der Waals surface area contributed by atoms with Crippen LogP contribution >= 0.6 is 0 Å². The van der Waals surface area contributed by atoms with Crippen molar-refractivity contribution in [1.82, 2.24) is 4.90 Å². The van der Waals surface area contributed by atoms with Crippen LogP contribution in [0.5, 0.6) is 0 Å². The number of carbonyl (C=O) groups excluding carboxylic acids is 2. The number of benzene rings is 2. The molecule has 0 radical (unpaired) electrons. The molecule has 0 bridgehead atoms. The molecule has 2 aliphatic heterocycles. The number of ether oxygens (including phenoxy) is 2. The molecule has 0 aromatic heterocycles. The maximum atomic E-state index is 13.0. The van der Waals surface area contributed by atoms with Crippen molar-refractivity contribution in [2.24, 2.45) is 5.92 Å². The molecule has 1 aliphatic carbocycles. The summed E-state index contributed by atoms with van der Waals surface area (Å²) in [6.45, 7) is 3.74. The molecule has 0 unspecified atom stereocenters. The predicted molar refractivity (Wildman–Crippen MR) is 121 cm³/mol. The lowest BCUT2D eigenvalue weighted by atomic mass is 9.64. The summed E-state index contributed by atoms with van der Waals surface area (Å²) >= 11 is 0. The molecule has 1 spiro atoms. The molecule has 2 aromatic rings. The molecule has 0 saturated carbocycles. The van der Waals surface area contributed by atoms with Gasteiger partial charge >= 0.3 is 11.9 Å². The van der Waals surface area contributed by atoms with Gasteiger partial charge in [0.1, 0.15) is 0 Å². The highest BCUT2D eigenvalue weighted by Crippen LogP contribution is 2.58. The number of para-hydroxylation sites is 1. The highest BCUT2D eigenvalue weighted by atomic mass is 16.5. The summed E-state index contributed by atoms with van der Waals surface area (Å²) in [5, 5.41) is 3.52. The molecule has 6 heteroatoms. The molecule has 32 heavy (non-hydrogen) atoms. The molecule has 3 atom stereocenters. The quantitative estimate of drug-likeness (QED) is 0.728. The van der Waals surface area contributed by atoms with Crippen molar-refractivity contribution in [2.75, 3.05) is 25.6 Å². The number of esters is 2. The fourth-order valence-electron chi connectivity index (χ4n) is 5.91. The molecule has 0 amide bonds. The minimum absolute atomic E-state index is 0.0664. The number of anilines is 1. The Kier molecular flexibility index (Phi) is 5.25. The molecule has 5 rings (SSSR count). The van der Waals surface area contributed by atoms with E-state index in [0.717, 1.165) is 30.9 Å². The largest absolute Gasteiger partial charge is 0.466 e. The number of carbonyl (C=O) groups is 2. The summed E-state index contributed by atoms with van der Waals surface area (Å²) in [6.07, 6.45) is 1.40. The van der Waals surface area contributed by atoms with Gasteiger partial charge in [-0.3, -0.25) is 9.69 Å². The minimum atomic E-state index is -0.659. The van der Waals surface area contributed by atoms with E-state index in [1.54, 1.807) is 6.92 Å². The zero-order valence-corrected chi connectivity index (χ0v) is 18.5. The number of fused-ring (bicyclic) bond motifs is 1. The van der Waals surface area contributed by atoms with E-state index >= 15 is 0 Å². The van der Waals surface area contributed by atoms with Crippen LogP contribution in [0.4, 0.5) is 5.69 Å². The first-order valence-electron chi connectivity index (χ1n) is 11.2. The molecule has 1 N–H and O–H groups in total. The van der Waals surface area contributed by atoms with Crippen LogP contribution in [-0.2, 0) is 31.0 Å². The lowest BCUT2D eigenvalue weighted by Gasteiger charge is -2.43. The Morgan fingerprint density at radius 2 is 1.88 bits per heavy atom. The molecule has 166 valence electrons. The van der Waals surface area contributed by atoms with Gasteiger partial charge in [0, 0.05) is 30.5 Å². The first kappa shape index (κ1) is 20.8. The second-order valence-corrected chi connectivity index (χ2v) is 8.68. The van der Waals surface area contributed by atoms with Gasteiger partial charge in [-0.25, -0.2) is 4.79 Å². The third-order valence-corrected chi connectivity index (χ3v) is 7.20. The highest BCUT2D eigenvalue weighted by molar-refractivity contribution is 5.99. The van der Waals surface area contributed by atoms with Crippen LogP contribution in [-0.4, -0.2) is 43.1 Å². The monoisotopic (exact) mass is 432 g/mol. The summed E-state index contributed by atoms with van der Waals surface area (Å²) in [7, 11) is 1.37. The fraction of sp³-hybridized carbons (Fsp3) is 0.385. The highest BCUT2D eigenvalue weighted by Gasteiger charge is 2.61. The van der Waals surface area contributed by atoms with E-state index in [2.05, 4.69) is 40.5 Å². The van der Waals surface area contributed by atoms with Crippen LogP contribution in [0.1, 0.15) is 30.9 Å². The van der Waals surface area contributed by atoms with Crippen LogP contribution in [0.25, 0.3) is 0 Å². The Morgan fingerprint density at radius 1 is 1.12 bits per heavy atom. The number of nitrogens with one attached hydrogen (secondary N) is 1. The Morgan fingerprint density at radius 3 is 2.62 bits per heavy atom. The van der Waals surface area contributed by atoms with Gasteiger partial charge in [-0.05, 0) is 37.0 Å². The molecule has 3 aliphatic rings. The van der Waals surface area contributed by atoms with E-state index in [1.807, 2.05) is 24.3 Å². The third-order valence-electron chi connectivity index (χ3n) is 7.20. The lowest BCUT2D eigenvalue weighted by molar-refractivity contribution is -0.150. The van der Waals surface area contributed by atoms with Crippen molar-refractivity contribution in [2.45, 2.75) is 37.8 Å². The van der Waals surface area contributed by atoms with Crippen LogP contribution in [0.2, 0.25) is 0 Å². The summed E-state index contributed by atoms with van der Waals surface area (Å²) in [5.41, 5.74) is 4.30. The van der Waals surface area contributed by atoms with E-state index in [9.17, 15) is 9.59 Å². The number of likely N-dealkylation sites (tertiary alicyclic amines) is 1. The Labute approximate surface area is 188 Å². The third kappa shape index (κ3) is 3.05. The average Bonchev–Trinajstić information content (AvgIpc) is 3.35. The topological polar surface area (TPSA) is 67.9 Å². The summed E-state index contributed by atoms with van der Waals surface area (Å²) in [4.78, 5) is 28.5. The van der Waals surface area contributed by atoms with Crippen molar-refractivity contribution in [3.63, 3.8) is 0 Å². The van der Waals surface area contributed by atoms with E-state index in [0.29, 0.717) is 12.0 Å². The second kappa shape index (κ2) is 8.10. The summed E-state index contributed by atoms with van der Waals surface area (Å²) in [5.74, 6) is -1.48. The van der Waals surface area contributed by atoms with E-state index in [4.69, 9.17) is 9.47 Å². The van der Waals surface area contributed by atoms with Gasteiger partial charge in [-0.2, -0.15) is 0 Å². The molecule has 6 nitrogen and oxygen atoms in total. The van der Waals surface area contributed by atoms with Crippen LogP contribution in [0.3, 0.4) is 0 Å². The standard InChI is InChI=1S/C26H28N2O4/c1-3-32-24(29)18-15-21-26(13-14-28(21)16-17-9-5-4-6-10-17)19-11-7-8-12-20(19)27-23(26)22(18)25(30)31-2/h4-12,18,21,27H,3,13-16H2,1-2H3/t18-,21-,26+/m0/s1. The average molecular weight is 433 g/mol. The number of nitrogens with zero attached hydrogens (tertiary/aromatic N) is 1. The van der Waals surface area contributed by atoms with Gasteiger partial charge < -0.3 is 14.8 Å². The molecule has 2 aromatic carbocycles. The van der Waals surface area contributed by atoms with Crippen molar-refractivity contribution in [3.8, 4) is 0 Å². The SMILES string of the molecule is CCOC(=O)[C@H]1C[C@@H]2N(Cc3ccccc3)CC[C@]23C(=C1C(=O)OC)Nc1ccccc13. The van der Waals surface area contributed by atoms with Gasteiger partial charge in [-0.1, -0.05) is 48.5 Å². The number of rotatable bonds is 5. The van der Waals surface area contributed by atoms with Gasteiger partial charge in [0.2, 0.25) is 0 Å². The molecular formula is C26H28N2O4. The van der Waals surface area contributed by atoms with Gasteiger partial charge in [0.05, 0.1) is 30.6 Å². The zero-order valence-electron chi connectivity index (χ0n) is 18.5. The molecule has 1 saturated heterocycles. The Hall–Kier alpha value is -3.12. The van der Waals surface area contributed by atoms with E-state index < -0.39 is 11.9 Å². The summed E-state index contributed by atoms with van der Waals surface area (Å²) in [6, 6.07) is 18.7. The van der Waals surface area contributed by atoms with E-state index in [1.165, 1.54) is 18.2 Å². The second-order valence-electron chi connectivity index (χ2n) is 8.68. The maximum Gasteiger partial charge on any atom is 0.336 e. The van der Waals surface area contributed by atoms with Crippen LogP contribution < -0.4 is 5.32 Å². The number of methoxy groups -OCH3 is 1. The first-order valence-corrected chi connectivity index (χ1v) is 11.2. The van der Waals surface area contributed by atoms with Crippen LogP contribution in [0, 0.1) is 5.92 Å². The minimum Gasteiger partial charge on any atom is -0.466 e. The van der Waals surface area contributed by atoms with Crippen molar-refractivity contribution in [1.29, 1.82) is 0 Å².